The van der Waals surface area contributed by atoms with E-state index < -0.39 is 0 Å². The molecule has 0 aliphatic heterocycles. The number of benzene rings is 27. The first-order chi connectivity index (χ1) is 73.9. The Morgan fingerprint density at radius 1 is 0.107 bits per heavy atom. The molecule has 0 bridgehead atoms. The molecule has 27 aromatic carbocycles. The van der Waals surface area contributed by atoms with Crippen LogP contribution >= 0.6 is 0 Å². The van der Waals surface area contributed by atoms with E-state index in [-0.39, 0.29) is 0 Å². The lowest BCUT2D eigenvalue weighted by Crippen LogP contribution is -1.94. The molecule has 5 aromatic heterocycles. The van der Waals surface area contributed by atoms with E-state index in [0.717, 1.165) is 71.5 Å². The second-order valence-corrected chi connectivity index (χ2v) is 39.4. The molecule has 0 aliphatic carbocycles. The van der Waals surface area contributed by atoms with Crippen molar-refractivity contribution in [1.29, 1.82) is 0 Å². The van der Waals surface area contributed by atoms with E-state index in [0.29, 0.717) is 0 Å². The Morgan fingerprint density at radius 3 is 0.644 bits per heavy atom. The van der Waals surface area contributed by atoms with Gasteiger partial charge in [-0.25, -0.2) is 0 Å². The molecule has 0 spiro atoms. The fourth-order valence-corrected chi connectivity index (χ4v) is 24.4. The molecule has 0 fully saturated rings. The van der Waals surface area contributed by atoms with Gasteiger partial charge in [0.15, 0.2) is 0 Å². The van der Waals surface area contributed by atoms with Gasteiger partial charge in [0.1, 0.15) is 33.5 Å². The van der Waals surface area contributed by atoms with Gasteiger partial charge in [-0.3, -0.25) is 0 Å². The third-order valence-corrected chi connectivity index (χ3v) is 31.1. The van der Waals surface area contributed by atoms with E-state index in [9.17, 15) is 0 Å². The van der Waals surface area contributed by atoms with Crippen LogP contribution in [0.4, 0.5) is 0 Å². The summed E-state index contributed by atoms with van der Waals surface area (Å²) in [7, 11) is 0. The molecule has 0 unspecified atom stereocenters. The maximum Gasteiger partial charge on any atom is 0.136 e. The van der Waals surface area contributed by atoms with Gasteiger partial charge in [-0.2, -0.15) is 0 Å². The normalized spacial score (nSPS) is 11.9. The van der Waals surface area contributed by atoms with Gasteiger partial charge in [0.2, 0.25) is 0 Å². The molecule has 0 aliphatic rings. The Morgan fingerprint density at radius 2 is 0.322 bits per heavy atom. The van der Waals surface area contributed by atoms with E-state index in [1.165, 1.54) is 235 Å². The zero-order chi connectivity index (χ0) is 97.8. The number of hydrogen-bond donors (Lipinski definition) is 0. The van der Waals surface area contributed by atoms with Crippen LogP contribution in [0, 0.1) is 0 Å². The molecule has 0 saturated carbocycles. The van der Waals surface area contributed by atoms with Crippen LogP contribution in [0.25, 0.3) is 307 Å². The van der Waals surface area contributed by atoms with Crippen LogP contribution in [0.1, 0.15) is 0 Å². The second kappa shape index (κ2) is 34.5. The van der Waals surface area contributed by atoms with Crippen molar-refractivity contribution in [3.63, 3.8) is 0 Å². The SMILES string of the molecule is c1ccc(-c2cc(-c3ccccc3)cc(-c3c4ccccc4c(-c4ccc5oc6cc7ccccc7cc6c5c4)c4ccccc34)c2)cc1.c1ccc(-n2c3ccccc3c3cc(-c4c5ccccc5c(-c5ccc6oc7cc8ccccc8cc7c6c5)c5ccccc45)ccc32)cc1.c1ccc2cc3c(cc2c1)oc1ccc(-c2c4ccccc4c(-c4ccc(-n5c6ccccc6c6ccccc65)cc4)c4ccccc24)cc13. The van der Waals surface area contributed by atoms with E-state index in [2.05, 4.69) is 543 Å². The third-order valence-electron chi connectivity index (χ3n) is 31.1. The van der Waals surface area contributed by atoms with Crippen molar-refractivity contribution in [3.05, 3.63) is 534 Å². The lowest BCUT2D eigenvalue weighted by Gasteiger charge is -2.19. The van der Waals surface area contributed by atoms with Gasteiger partial charge in [-0.05, 0) is 332 Å². The molecular formula is C144H88N2O3. The zero-order valence-electron chi connectivity index (χ0n) is 80.9. The molecule has 149 heavy (non-hydrogen) atoms. The van der Waals surface area contributed by atoms with Crippen LogP contribution < -0.4 is 0 Å². The molecule has 32 aromatic rings. The van der Waals surface area contributed by atoms with Gasteiger partial charge in [0.25, 0.3) is 0 Å². The smallest absolute Gasteiger partial charge is 0.136 e. The minimum Gasteiger partial charge on any atom is -0.456 e. The van der Waals surface area contributed by atoms with Crippen molar-refractivity contribution < 1.29 is 13.3 Å². The highest BCUT2D eigenvalue weighted by atomic mass is 16.3. The highest BCUT2D eigenvalue weighted by molar-refractivity contribution is 6.28. The van der Waals surface area contributed by atoms with Gasteiger partial charge in [-0.1, -0.05) is 388 Å². The Kier molecular flexibility index (Phi) is 19.7. The number of para-hydroxylation sites is 4. The zero-order valence-corrected chi connectivity index (χ0v) is 80.9. The van der Waals surface area contributed by atoms with Crippen LogP contribution in [0.15, 0.2) is 547 Å². The molecular weight excluding hydrogens is 1810 g/mol. The van der Waals surface area contributed by atoms with Gasteiger partial charge in [0.05, 0.1) is 22.1 Å². The summed E-state index contributed by atoms with van der Waals surface area (Å²) in [5.74, 6) is 0. The van der Waals surface area contributed by atoms with E-state index in [1.807, 2.05) is 0 Å². The van der Waals surface area contributed by atoms with Crippen molar-refractivity contribution in [2.24, 2.45) is 0 Å². The first-order valence-corrected chi connectivity index (χ1v) is 51.2. The summed E-state index contributed by atoms with van der Waals surface area (Å²) in [6.07, 6.45) is 0. The summed E-state index contributed by atoms with van der Waals surface area (Å²) in [6.45, 7) is 0. The first-order valence-electron chi connectivity index (χ1n) is 51.2. The van der Waals surface area contributed by atoms with Crippen molar-refractivity contribution >= 4 is 206 Å². The average molecular weight is 1890 g/mol. The Hall–Kier alpha value is -19.7. The van der Waals surface area contributed by atoms with Crippen molar-refractivity contribution in [1.82, 2.24) is 9.13 Å². The van der Waals surface area contributed by atoms with Gasteiger partial charge < -0.3 is 22.4 Å². The molecule has 0 amide bonds. The number of rotatable bonds is 10. The van der Waals surface area contributed by atoms with Crippen LogP contribution in [-0.4, -0.2) is 9.13 Å². The third kappa shape index (κ3) is 14.0. The van der Waals surface area contributed by atoms with Crippen LogP contribution in [0.5, 0.6) is 0 Å². The minimum absolute atomic E-state index is 0.908. The largest absolute Gasteiger partial charge is 0.456 e. The highest BCUT2D eigenvalue weighted by Gasteiger charge is 2.27. The summed E-state index contributed by atoms with van der Waals surface area (Å²) >= 11 is 0. The van der Waals surface area contributed by atoms with Crippen molar-refractivity contribution in [3.8, 4) is 100 Å². The summed E-state index contributed by atoms with van der Waals surface area (Å²) in [4.78, 5) is 0. The highest BCUT2D eigenvalue weighted by Crippen LogP contribution is 2.53. The summed E-state index contributed by atoms with van der Waals surface area (Å²) in [6, 6.07) is 194. The van der Waals surface area contributed by atoms with Gasteiger partial charge in [0, 0.05) is 65.2 Å². The topological polar surface area (TPSA) is 49.3 Å². The van der Waals surface area contributed by atoms with Crippen LogP contribution in [-0.2, 0) is 0 Å². The standard InChI is InChI=1S/2C48H29NO.C48H30O/c1-2-12-32-29-46-42(27-31(32)11-1)41-28-33(23-26-45(41)50-46)48-39-17-5-3-15-37(39)47(38-16-4-6-18-40(38)48)30-21-24-34(25-22-30)49-43-19-9-7-13-35(43)36-14-8-10-20-44(36)49;1-2-14-34(15-3-1)49-43-21-11-10-16-35(43)40-27-32(22-24-44(40)49)47-36-17-6-8-19-38(36)48(39-20-9-7-18-37(39)47)33-23-25-45-41(28-33)42-26-30-12-4-5-13-31(30)29-46(42)50-45;1-3-13-31(14-4-1)36-25-37(32-15-5-2-6-16-32)27-38(26-36)48-41-21-11-9-19-39(41)47(40-20-10-12-22-42(40)48)35-23-24-45-43(29-35)44-28-33-17-7-8-18-34(33)30-46(44)49-45/h2*1-29H;1-30H. The molecule has 5 heteroatoms. The molecule has 5 nitrogen and oxygen atoms in total. The fourth-order valence-electron chi connectivity index (χ4n) is 24.4. The first kappa shape index (κ1) is 84.9. The summed E-state index contributed by atoms with van der Waals surface area (Å²) in [5.41, 5.74) is 32.2. The molecule has 0 atom stereocenters. The van der Waals surface area contributed by atoms with Crippen molar-refractivity contribution in [2.45, 2.75) is 0 Å². The number of nitrogens with zero attached hydrogens (tertiary/aromatic N) is 2. The van der Waals surface area contributed by atoms with Gasteiger partial charge >= 0.3 is 0 Å². The number of fused-ring (bicyclic) bond motifs is 24. The molecule has 0 saturated heterocycles. The number of furan rings is 3. The minimum atomic E-state index is 0.908. The fraction of sp³-hybridized carbons (Fsp3) is 0. The molecule has 5 heterocycles. The van der Waals surface area contributed by atoms with E-state index in [1.54, 1.807) is 0 Å². The predicted molar refractivity (Wildman–Crippen MR) is 631 cm³/mol. The maximum atomic E-state index is 6.40. The van der Waals surface area contributed by atoms with E-state index >= 15 is 0 Å². The lowest BCUT2D eigenvalue weighted by molar-refractivity contribution is 0.669. The predicted octanol–water partition coefficient (Wildman–Crippen LogP) is 40.7. The van der Waals surface area contributed by atoms with Crippen LogP contribution in [0.3, 0.4) is 0 Å². The van der Waals surface area contributed by atoms with Crippen LogP contribution in [0.2, 0.25) is 0 Å². The maximum absolute atomic E-state index is 6.40. The van der Waals surface area contributed by atoms with Crippen molar-refractivity contribution in [2.75, 3.05) is 0 Å². The number of hydrogen-bond acceptors (Lipinski definition) is 3. The second-order valence-electron chi connectivity index (χ2n) is 39.4. The van der Waals surface area contributed by atoms with Gasteiger partial charge in [-0.15, -0.1) is 0 Å². The molecule has 692 valence electrons. The Labute approximate surface area is 856 Å². The quantitative estimate of drug-likeness (QED) is 0.128. The molecule has 32 rings (SSSR count). The Bertz CT molecular complexity index is 10900. The summed E-state index contributed by atoms with van der Waals surface area (Å²) < 4.78 is 23.9. The molecule has 0 radical (unpaired) electrons. The number of aromatic nitrogens is 2. The average Bonchev–Trinajstić information content (AvgIpc) is 1.61. The lowest BCUT2D eigenvalue weighted by atomic mass is 9.84. The Balaban J connectivity index is 0.000000103. The monoisotopic (exact) mass is 1890 g/mol. The van der Waals surface area contributed by atoms with E-state index in [4.69, 9.17) is 13.3 Å². The summed E-state index contributed by atoms with van der Waals surface area (Å²) in [5, 5.41) is 34.0. The molecule has 0 N–H and O–H groups in total.